The normalized spacial score (nSPS) is 24.6. The maximum Gasteiger partial charge on any atom is 0.459 e. The zero-order valence-electron chi connectivity index (χ0n) is 19.1. The average molecular weight is 514 g/mol. The summed E-state index contributed by atoms with van der Waals surface area (Å²) in [6.45, 7) is 4.15. The van der Waals surface area contributed by atoms with Gasteiger partial charge in [-0.2, -0.15) is 14.9 Å². The van der Waals surface area contributed by atoms with Crippen LogP contribution in [0.5, 0.6) is 5.75 Å². The predicted molar refractivity (Wildman–Crippen MR) is 119 cm³/mol. The minimum Gasteiger partial charge on any atom is -0.462 e. The number of H-pyrrole nitrogens is 1. The standard InChI is InChI=1S/C20H27N4O10P/c1-11(2)32-19(28)12(3)23-35(30,34-13-7-5-4-6-8-13)31-10-14-16(26)17(27)18(33-14)24-20(29)22-15(25)9-21-24/h4-9,11-12,14,16-18,26-27H,10H2,1-3H3,(H,23,30)(H,22,25,29)/t12-,14?,16?,17?,18?,35?/m0/s1. The van der Waals surface area contributed by atoms with E-state index in [4.69, 9.17) is 18.5 Å². The molecule has 0 aliphatic carbocycles. The third-order valence-corrected chi connectivity index (χ3v) is 6.39. The second-order valence-corrected chi connectivity index (χ2v) is 9.66. The number of carbonyl (C=O) groups excluding carboxylic acids is 1. The molecular formula is C20H27N4O10P. The van der Waals surface area contributed by atoms with Crippen molar-refractivity contribution in [1.29, 1.82) is 0 Å². The van der Waals surface area contributed by atoms with Crippen molar-refractivity contribution in [3.63, 3.8) is 0 Å². The largest absolute Gasteiger partial charge is 0.462 e. The lowest BCUT2D eigenvalue weighted by atomic mass is 10.1. The molecule has 4 N–H and O–H groups in total. The summed E-state index contributed by atoms with van der Waals surface area (Å²) in [7, 11) is -4.26. The highest BCUT2D eigenvalue weighted by molar-refractivity contribution is 7.52. The molecular weight excluding hydrogens is 487 g/mol. The number of aromatic nitrogens is 3. The van der Waals surface area contributed by atoms with Gasteiger partial charge in [0, 0.05) is 0 Å². The van der Waals surface area contributed by atoms with Crippen LogP contribution in [0.2, 0.25) is 0 Å². The van der Waals surface area contributed by atoms with E-state index in [2.05, 4.69) is 10.2 Å². The summed E-state index contributed by atoms with van der Waals surface area (Å²) >= 11 is 0. The number of aliphatic hydroxyl groups is 2. The number of nitrogens with one attached hydrogen (secondary N) is 2. The third-order valence-electron chi connectivity index (χ3n) is 4.75. The Hall–Kier alpha value is -2.87. The Morgan fingerprint density at radius 1 is 1.23 bits per heavy atom. The molecule has 1 aromatic carbocycles. The molecule has 2 aromatic rings. The van der Waals surface area contributed by atoms with Crippen LogP contribution in [0.3, 0.4) is 0 Å². The Morgan fingerprint density at radius 2 is 1.91 bits per heavy atom. The van der Waals surface area contributed by atoms with E-state index < -0.39 is 68.3 Å². The summed E-state index contributed by atoms with van der Waals surface area (Å²) in [5.74, 6) is -0.529. The molecule has 6 atom stereocenters. The first-order valence-electron chi connectivity index (χ1n) is 10.7. The van der Waals surface area contributed by atoms with Gasteiger partial charge in [-0.15, -0.1) is 0 Å². The van der Waals surface area contributed by atoms with Crippen LogP contribution in [0.1, 0.15) is 27.0 Å². The number of hydrogen-bond donors (Lipinski definition) is 4. The molecule has 192 valence electrons. The van der Waals surface area contributed by atoms with E-state index >= 15 is 0 Å². The SMILES string of the molecule is CC(C)OC(=O)[C@H](C)NP(=O)(OCC1OC(n2ncc(=O)[nH]c2=O)C(O)C1O)Oc1ccccc1. The van der Waals surface area contributed by atoms with Gasteiger partial charge in [-0.3, -0.25) is 19.1 Å². The van der Waals surface area contributed by atoms with Crippen molar-refractivity contribution in [2.45, 2.75) is 57.5 Å². The number of benzene rings is 1. The van der Waals surface area contributed by atoms with Crippen LogP contribution in [-0.2, 0) is 23.4 Å². The smallest absolute Gasteiger partial charge is 0.459 e. The maximum absolute atomic E-state index is 13.5. The van der Waals surface area contributed by atoms with Crippen LogP contribution in [0, 0.1) is 0 Å². The van der Waals surface area contributed by atoms with Crippen LogP contribution in [0.15, 0.2) is 46.1 Å². The summed E-state index contributed by atoms with van der Waals surface area (Å²) in [5, 5.41) is 26.8. The lowest BCUT2D eigenvalue weighted by Gasteiger charge is -2.25. The summed E-state index contributed by atoms with van der Waals surface area (Å²) in [4.78, 5) is 37.4. The number of rotatable bonds is 10. The second kappa shape index (κ2) is 11.2. The number of para-hydroxylation sites is 1. The molecule has 0 bridgehead atoms. The summed E-state index contributed by atoms with van der Waals surface area (Å²) in [6, 6.07) is 6.92. The van der Waals surface area contributed by atoms with Crippen molar-refractivity contribution >= 4 is 13.7 Å². The predicted octanol–water partition coefficient (Wildman–Crippen LogP) is -0.316. The van der Waals surface area contributed by atoms with E-state index in [0.717, 1.165) is 6.20 Å². The van der Waals surface area contributed by atoms with E-state index in [0.29, 0.717) is 4.68 Å². The molecule has 0 amide bonds. The molecule has 14 nitrogen and oxygen atoms in total. The minimum absolute atomic E-state index is 0.169. The number of aromatic amines is 1. The number of aliphatic hydroxyl groups excluding tert-OH is 2. The molecule has 1 aliphatic rings. The number of nitrogens with zero attached hydrogens (tertiary/aromatic N) is 2. The van der Waals surface area contributed by atoms with Gasteiger partial charge in [0.05, 0.1) is 12.7 Å². The highest BCUT2D eigenvalue weighted by Gasteiger charge is 2.46. The highest BCUT2D eigenvalue weighted by atomic mass is 31.2. The van der Waals surface area contributed by atoms with Crippen LogP contribution in [-0.4, -0.2) is 68.0 Å². The van der Waals surface area contributed by atoms with E-state index in [1.54, 1.807) is 32.0 Å². The van der Waals surface area contributed by atoms with Crippen molar-refractivity contribution < 1.29 is 38.1 Å². The molecule has 15 heteroatoms. The maximum atomic E-state index is 13.5. The summed E-state index contributed by atoms with van der Waals surface area (Å²) in [5.41, 5.74) is -1.72. The quantitative estimate of drug-likeness (QED) is 0.239. The monoisotopic (exact) mass is 514 g/mol. The molecule has 1 aromatic heterocycles. The first-order valence-corrected chi connectivity index (χ1v) is 12.2. The first-order chi connectivity index (χ1) is 16.5. The van der Waals surface area contributed by atoms with Gasteiger partial charge < -0.3 is 24.2 Å². The van der Waals surface area contributed by atoms with Crippen LogP contribution in [0.4, 0.5) is 0 Å². The van der Waals surface area contributed by atoms with Crippen LogP contribution >= 0.6 is 7.75 Å². The van der Waals surface area contributed by atoms with Gasteiger partial charge in [0.1, 0.15) is 36.3 Å². The number of ether oxygens (including phenoxy) is 2. The fraction of sp³-hybridized carbons (Fsp3) is 0.500. The van der Waals surface area contributed by atoms with Gasteiger partial charge in [-0.25, -0.2) is 9.36 Å². The third kappa shape index (κ3) is 6.84. The molecule has 1 fully saturated rings. The fourth-order valence-corrected chi connectivity index (χ4v) is 4.62. The molecule has 1 saturated heterocycles. The lowest BCUT2D eigenvalue weighted by molar-refractivity contribution is -0.149. The number of hydrogen-bond acceptors (Lipinski definition) is 11. The van der Waals surface area contributed by atoms with Crippen molar-refractivity contribution in [3.8, 4) is 5.75 Å². The Labute approximate surface area is 199 Å². The molecule has 3 rings (SSSR count). The summed E-state index contributed by atoms with van der Waals surface area (Å²) in [6.07, 6.45) is -5.53. The van der Waals surface area contributed by atoms with Gasteiger partial charge in [0.25, 0.3) is 5.56 Å². The van der Waals surface area contributed by atoms with Gasteiger partial charge in [-0.05, 0) is 32.9 Å². The van der Waals surface area contributed by atoms with Crippen LogP contribution < -0.4 is 20.9 Å². The lowest BCUT2D eigenvalue weighted by Crippen LogP contribution is -2.39. The Morgan fingerprint density at radius 3 is 2.54 bits per heavy atom. The highest BCUT2D eigenvalue weighted by Crippen LogP contribution is 2.45. The molecule has 0 radical (unpaired) electrons. The van der Waals surface area contributed by atoms with Crippen molar-refractivity contribution in [2.24, 2.45) is 0 Å². The van der Waals surface area contributed by atoms with E-state index in [1.165, 1.54) is 19.1 Å². The molecule has 0 saturated carbocycles. The molecule has 1 aliphatic heterocycles. The number of carbonyl (C=O) groups is 1. The van der Waals surface area contributed by atoms with Gasteiger partial charge in [0.2, 0.25) is 0 Å². The average Bonchev–Trinajstić information content (AvgIpc) is 3.06. The molecule has 5 unspecified atom stereocenters. The Bertz CT molecular complexity index is 1170. The zero-order valence-corrected chi connectivity index (χ0v) is 20.0. The van der Waals surface area contributed by atoms with Crippen molar-refractivity contribution in [2.75, 3.05) is 6.61 Å². The van der Waals surface area contributed by atoms with Crippen molar-refractivity contribution in [3.05, 3.63) is 57.4 Å². The minimum atomic E-state index is -4.26. The van der Waals surface area contributed by atoms with E-state index in [9.17, 15) is 29.2 Å². The molecule has 0 spiro atoms. The van der Waals surface area contributed by atoms with Gasteiger partial charge in [0.15, 0.2) is 6.23 Å². The number of esters is 1. The second-order valence-electron chi connectivity index (χ2n) is 7.96. The first kappa shape index (κ1) is 26.7. The fourth-order valence-electron chi connectivity index (χ4n) is 3.12. The van der Waals surface area contributed by atoms with Crippen LogP contribution in [0.25, 0.3) is 0 Å². The van der Waals surface area contributed by atoms with E-state index in [1.807, 2.05) is 4.98 Å². The zero-order chi connectivity index (χ0) is 25.8. The van der Waals surface area contributed by atoms with Crippen molar-refractivity contribution in [1.82, 2.24) is 19.9 Å². The topological polar surface area (TPSA) is 191 Å². The van der Waals surface area contributed by atoms with E-state index in [-0.39, 0.29) is 5.75 Å². The Balaban J connectivity index is 1.75. The van der Waals surface area contributed by atoms with Gasteiger partial charge >= 0.3 is 19.4 Å². The summed E-state index contributed by atoms with van der Waals surface area (Å²) < 4.78 is 35.7. The molecule has 35 heavy (non-hydrogen) atoms. The molecule has 2 heterocycles. The Kier molecular flexibility index (Phi) is 8.59. The van der Waals surface area contributed by atoms with Gasteiger partial charge in [-0.1, -0.05) is 18.2 Å².